The van der Waals surface area contributed by atoms with Crippen molar-refractivity contribution in [1.29, 1.82) is 5.26 Å². The molecule has 4 nitrogen and oxygen atoms in total. The minimum atomic E-state index is 0.705. The molecule has 0 amide bonds. The first-order valence-electron chi connectivity index (χ1n) is 13.9. The number of aliphatic imine (C=N–C) groups is 1. The van der Waals surface area contributed by atoms with E-state index in [2.05, 4.69) is 76.6 Å². The van der Waals surface area contributed by atoms with Crippen LogP contribution in [0.5, 0.6) is 0 Å². The van der Waals surface area contributed by atoms with Crippen molar-refractivity contribution in [3.05, 3.63) is 71.1 Å². The highest BCUT2D eigenvalue weighted by molar-refractivity contribution is 6.03. The molecule has 1 aliphatic heterocycles. The van der Waals surface area contributed by atoms with E-state index in [1.807, 2.05) is 24.4 Å². The van der Waals surface area contributed by atoms with Gasteiger partial charge >= 0.3 is 0 Å². The molecule has 0 unspecified atom stereocenters. The molecule has 198 valence electrons. The lowest BCUT2D eigenvalue weighted by molar-refractivity contribution is 0.298. The first-order valence-corrected chi connectivity index (χ1v) is 13.9. The molecule has 1 saturated carbocycles. The van der Waals surface area contributed by atoms with Gasteiger partial charge in [0, 0.05) is 49.4 Å². The Labute approximate surface area is 222 Å². The first-order chi connectivity index (χ1) is 17.4. The Morgan fingerprint density at radius 3 is 2.33 bits per heavy atom. The van der Waals surface area contributed by atoms with E-state index in [1.165, 1.54) is 29.7 Å². The molecule has 0 bridgehead atoms. The molecular weight excluding hydrogens is 440 g/mol. The summed E-state index contributed by atoms with van der Waals surface area (Å²) in [5.74, 6) is 0.748. The molecule has 0 aromatic heterocycles. The van der Waals surface area contributed by atoms with Gasteiger partial charge in [0.15, 0.2) is 0 Å². The van der Waals surface area contributed by atoms with Crippen LogP contribution in [0, 0.1) is 17.2 Å². The molecule has 0 spiro atoms. The molecule has 1 aliphatic carbocycles. The molecule has 2 fully saturated rings. The lowest BCUT2D eigenvalue weighted by atomic mass is 9.95. The summed E-state index contributed by atoms with van der Waals surface area (Å²) in [6, 6.07) is 2.16. The van der Waals surface area contributed by atoms with Gasteiger partial charge in [0.05, 0.1) is 11.6 Å². The molecular formula is C32H50N4. The van der Waals surface area contributed by atoms with Gasteiger partial charge in [-0.25, -0.2) is 0 Å². The molecule has 1 N–H and O–H groups in total. The fraction of sp³-hybridized carbons (Fsp3) is 0.562. The number of nitriles is 1. The highest BCUT2D eigenvalue weighted by Crippen LogP contribution is 2.41. The van der Waals surface area contributed by atoms with Gasteiger partial charge < -0.3 is 10.2 Å². The molecule has 36 heavy (non-hydrogen) atoms. The highest BCUT2D eigenvalue weighted by atomic mass is 15.2. The van der Waals surface area contributed by atoms with Crippen molar-refractivity contribution in [1.82, 2.24) is 10.2 Å². The second kappa shape index (κ2) is 18.6. The van der Waals surface area contributed by atoms with Crippen molar-refractivity contribution in [2.24, 2.45) is 10.9 Å². The zero-order valence-corrected chi connectivity index (χ0v) is 23.9. The maximum atomic E-state index is 8.83. The lowest BCUT2D eigenvalue weighted by Crippen LogP contribution is -2.43. The average molecular weight is 491 g/mol. The maximum Gasteiger partial charge on any atom is 0.0991 e. The summed E-state index contributed by atoms with van der Waals surface area (Å²) in [5, 5.41) is 12.3. The van der Waals surface area contributed by atoms with Crippen LogP contribution >= 0.6 is 0 Å². The summed E-state index contributed by atoms with van der Waals surface area (Å²) >= 11 is 0. The van der Waals surface area contributed by atoms with Gasteiger partial charge in [0.1, 0.15) is 0 Å². The van der Waals surface area contributed by atoms with E-state index < -0.39 is 0 Å². The lowest BCUT2D eigenvalue weighted by Gasteiger charge is -2.32. The van der Waals surface area contributed by atoms with Gasteiger partial charge in [-0.1, -0.05) is 64.0 Å². The largest absolute Gasteiger partial charge is 0.372 e. The van der Waals surface area contributed by atoms with E-state index in [0.717, 1.165) is 75.5 Å². The third-order valence-electron chi connectivity index (χ3n) is 6.35. The summed E-state index contributed by atoms with van der Waals surface area (Å²) < 4.78 is 0. The van der Waals surface area contributed by atoms with E-state index in [9.17, 15) is 0 Å². The SMILES string of the molecule is C=C(/C=C(C#N)\C=C/CCC)CCC.C\C=C(C(/C(C)=N/C=C/CC)=C(/C)N1CCNCC1)\C1CC1. The monoisotopic (exact) mass is 490 g/mol. The standard InChI is InChI=1S/C19H31N3.C13H19N/c1-5-7-10-21-15(3)19(18(6-2)17-8-9-17)16(4)22-13-11-20-12-14-22;1-4-6-7-9-13(11-14)10-12(3)8-5-2/h6-7,10,17,20H,5,8-9,11-14H2,1-4H3;7,9-10H,3-6,8H2,1-2H3/b10-7+,18-6-,19-16-,21-15+;9-7-,13-10+. The van der Waals surface area contributed by atoms with Gasteiger partial charge in [-0.3, -0.25) is 4.99 Å². The summed E-state index contributed by atoms with van der Waals surface area (Å²) in [7, 11) is 0. The van der Waals surface area contributed by atoms with Crippen LogP contribution in [0.25, 0.3) is 0 Å². The second-order valence-corrected chi connectivity index (χ2v) is 9.53. The third kappa shape index (κ3) is 11.9. The molecule has 0 radical (unpaired) electrons. The van der Waals surface area contributed by atoms with Crippen molar-refractivity contribution in [2.45, 2.75) is 86.5 Å². The fourth-order valence-electron chi connectivity index (χ4n) is 4.26. The van der Waals surface area contributed by atoms with E-state index in [4.69, 9.17) is 10.3 Å². The van der Waals surface area contributed by atoms with Crippen molar-refractivity contribution in [3.8, 4) is 6.07 Å². The van der Waals surface area contributed by atoms with Gasteiger partial charge in [0.2, 0.25) is 0 Å². The number of nitrogens with zero attached hydrogens (tertiary/aromatic N) is 3. The predicted octanol–water partition coefficient (Wildman–Crippen LogP) is 8.06. The zero-order chi connectivity index (χ0) is 26.8. The summed E-state index contributed by atoms with van der Waals surface area (Å²) in [6.07, 6.45) is 20.0. The molecule has 4 heteroatoms. The van der Waals surface area contributed by atoms with Crippen LogP contribution in [0.1, 0.15) is 86.5 Å². The average Bonchev–Trinajstić information content (AvgIpc) is 3.73. The van der Waals surface area contributed by atoms with E-state index in [-0.39, 0.29) is 0 Å². The molecule has 1 heterocycles. The Hall–Kier alpha value is -2.64. The molecule has 2 rings (SSSR count). The summed E-state index contributed by atoms with van der Waals surface area (Å²) in [6.45, 7) is 21.2. The number of unbranched alkanes of at least 4 members (excludes halogenated alkanes) is 1. The van der Waals surface area contributed by atoms with Crippen LogP contribution in [0.15, 0.2) is 76.1 Å². The van der Waals surface area contributed by atoms with Crippen molar-refractivity contribution >= 4 is 5.71 Å². The Morgan fingerprint density at radius 2 is 1.81 bits per heavy atom. The van der Waals surface area contributed by atoms with E-state index in [1.54, 1.807) is 0 Å². The van der Waals surface area contributed by atoms with Gasteiger partial charge in [-0.15, -0.1) is 0 Å². The number of nitrogens with one attached hydrogen (secondary N) is 1. The second-order valence-electron chi connectivity index (χ2n) is 9.53. The maximum absolute atomic E-state index is 8.83. The number of rotatable bonds is 12. The zero-order valence-electron chi connectivity index (χ0n) is 23.9. The van der Waals surface area contributed by atoms with Crippen LogP contribution in [-0.4, -0.2) is 36.8 Å². The van der Waals surface area contributed by atoms with Crippen LogP contribution in [0.3, 0.4) is 0 Å². The highest BCUT2D eigenvalue weighted by Gasteiger charge is 2.30. The number of allylic oxidation sites excluding steroid dienone is 10. The summed E-state index contributed by atoms with van der Waals surface area (Å²) in [4.78, 5) is 7.22. The Morgan fingerprint density at radius 1 is 1.11 bits per heavy atom. The molecule has 0 aromatic rings. The quantitative estimate of drug-likeness (QED) is 0.171. The minimum absolute atomic E-state index is 0.705. The van der Waals surface area contributed by atoms with Gasteiger partial charge in [0.25, 0.3) is 0 Å². The van der Waals surface area contributed by atoms with E-state index in [0.29, 0.717) is 5.57 Å². The first kappa shape index (κ1) is 31.4. The number of hydrogen-bond acceptors (Lipinski definition) is 4. The molecule has 2 aliphatic rings. The van der Waals surface area contributed by atoms with Crippen molar-refractivity contribution in [3.63, 3.8) is 0 Å². The normalized spacial score (nSPS) is 18.1. The molecule has 0 atom stereocenters. The Balaban J connectivity index is 0.000000402. The fourth-order valence-corrected chi connectivity index (χ4v) is 4.26. The van der Waals surface area contributed by atoms with Crippen molar-refractivity contribution in [2.75, 3.05) is 26.2 Å². The molecule has 0 aromatic carbocycles. The Kier molecular flexibility index (Phi) is 16.2. The minimum Gasteiger partial charge on any atom is -0.372 e. The Bertz CT molecular complexity index is 895. The predicted molar refractivity (Wildman–Crippen MR) is 158 cm³/mol. The van der Waals surface area contributed by atoms with Crippen LogP contribution in [0.4, 0.5) is 0 Å². The van der Waals surface area contributed by atoms with Crippen LogP contribution < -0.4 is 5.32 Å². The van der Waals surface area contributed by atoms with Crippen LogP contribution in [0.2, 0.25) is 0 Å². The number of piperazine rings is 1. The van der Waals surface area contributed by atoms with Crippen molar-refractivity contribution < 1.29 is 0 Å². The third-order valence-corrected chi connectivity index (χ3v) is 6.35. The smallest absolute Gasteiger partial charge is 0.0991 e. The van der Waals surface area contributed by atoms with E-state index >= 15 is 0 Å². The van der Waals surface area contributed by atoms with Gasteiger partial charge in [-0.05, 0) is 76.5 Å². The van der Waals surface area contributed by atoms with Gasteiger partial charge in [-0.2, -0.15) is 5.26 Å². The molecule has 1 saturated heterocycles. The van der Waals surface area contributed by atoms with Crippen LogP contribution in [-0.2, 0) is 0 Å². The number of hydrogen-bond donors (Lipinski definition) is 1. The summed E-state index contributed by atoms with van der Waals surface area (Å²) in [5.41, 5.74) is 7.17. The topological polar surface area (TPSA) is 51.4 Å².